The number of nitrogens with one attached hydrogen (secondary N) is 2. The van der Waals surface area contributed by atoms with Gasteiger partial charge in [-0.3, -0.25) is 4.79 Å². The average Bonchev–Trinajstić information content (AvgIpc) is 2.71. The van der Waals surface area contributed by atoms with Gasteiger partial charge in [0.15, 0.2) is 0 Å². The molecule has 2 fully saturated rings. The lowest BCUT2D eigenvalue weighted by Crippen LogP contribution is -2.25. The van der Waals surface area contributed by atoms with Crippen LogP contribution < -0.4 is 10.9 Å². The summed E-state index contributed by atoms with van der Waals surface area (Å²) in [6.07, 6.45) is 7.57. The minimum atomic E-state index is 0.0726. The van der Waals surface area contributed by atoms with E-state index in [4.69, 9.17) is 0 Å². The maximum Gasteiger partial charge on any atom is 0.254 e. The fraction of sp³-hybridized carbons (Fsp3) is 0.667. The highest BCUT2D eigenvalue weighted by Crippen LogP contribution is 2.34. The average molecular weight is 219 g/mol. The molecule has 1 saturated heterocycles. The van der Waals surface area contributed by atoms with E-state index in [0.29, 0.717) is 5.92 Å². The highest BCUT2D eigenvalue weighted by atomic mass is 16.1. The van der Waals surface area contributed by atoms with Gasteiger partial charge in [-0.2, -0.15) is 0 Å². The lowest BCUT2D eigenvalue weighted by molar-refractivity contribution is 0.414. The number of aromatic nitrogens is 2. The van der Waals surface area contributed by atoms with Crippen LogP contribution in [0.4, 0.5) is 0 Å². The van der Waals surface area contributed by atoms with Gasteiger partial charge >= 0.3 is 0 Å². The van der Waals surface area contributed by atoms with E-state index < -0.39 is 0 Å². The first-order chi connectivity index (χ1) is 7.84. The summed E-state index contributed by atoms with van der Waals surface area (Å²) in [7, 11) is 0. The third kappa shape index (κ3) is 1.67. The van der Waals surface area contributed by atoms with Crippen LogP contribution in [0.2, 0.25) is 0 Å². The zero-order valence-electron chi connectivity index (χ0n) is 9.33. The Morgan fingerprint density at radius 3 is 2.69 bits per heavy atom. The van der Waals surface area contributed by atoms with E-state index in [2.05, 4.69) is 15.3 Å². The van der Waals surface area contributed by atoms with Crippen molar-refractivity contribution in [2.75, 3.05) is 6.54 Å². The molecule has 1 aromatic rings. The molecule has 3 rings (SSSR count). The molecule has 0 bridgehead atoms. The summed E-state index contributed by atoms with van der Waals surface area (Å²) in [6.45, 7) is 1.03. The Balaban J connectivity index is 1.86. The number of H-pyrrole nitrogens is 1. The van der Waals surface area contributed by atoms with E-state index in [1.807, 2.05) is 0 Å². The number of hydrogen-bond acceptors (Lipinski definition) is 3. The minimum Gasteiger partial charge on any atom is -0.309 e. The van der Waals surface area contributed by atoms with E-state index in [0.717, 1.165) is 37.2 Å². The van der Waals surface area contributed by atoms with Crippen molar-refractivity contribution in [2.45, 2.75) is 44.1 Å². The van der Waals surface area contributed by atoms with Crippen molar-refractivity contribution in [3.05, 3.63) is 27.9 Å². The quantitative estimate of drug-likeness (QED) is 0.791. The molecule has 0 aromatic carbocycles. The van der Waals surface area contributed by atoms with Crippen LogP contribution in [0.15, 0.2) is 11.0 Å². The molecule has 1 aliphatic heterocycles. The van der Waals surface area contributed by atoms with Gasteiger partial charge in [-0.05, 0) is 38.1 Å². The predicted octanol–water partition coefficient (Wildman–Crippen LogP) is 1.46. The molecule has 2 aliphatic rings. The van der Waals surface area contributed by atoms with E-state index in [1.54, 1.807) is 6.20 Å². The van der Waals surface area contributed by atoms with Crippen molar-refractivity contribution in [2.24, 2.45) is 0 Å². The number of nitrogens with zero attached hydrogens (tertiary/aromatic N) is 1. The highest BCUT2D eigenvalue weighted by molar-refractivity contribution is 5.15. The standard InChI is InChI=1S/C12H17N3O/c16-12-9(8-3-1-4-8)7-14-11(15-12)10-5-2-6-13-10/h7-8,10,13H,1-6H2,(H,14,15,16). The summed E-state index contributed by atoms with van der Waals surface area (Å²) in [5.41, 5.74) is 0.955. The van der Waals surface area contributed by atoms with Crippen LogP contribution in [-0.2, 0) is 0 Å². The van der Waals surface area contributed by atoms with Crippen molar-refractivity contribution < 1.29 is 0 Å². The van der Waals surface area contributed by atoms with Gasteiger partial charge in [0.2, 0.25) is 0 Å². The Hall–Kier alpha value is -1.16. The van der Waals surface area contributed by atoms with Crippen LogP contribution in [-0.4, -0.2) is 16.5 Å². The molecular formula is C12H17N3O. The van der Waals surface area contributed by atoms with E-state index in [1.165, 1.54) is 12.8 Å². The Labute approximate surface area is 94.5 Å². The summed E-state index contributed by atoms with van der Waals surface area (Å²) >= 11 is 0. The van der Waals surface area contributed by atoms with Crippen molar-refractivity contribution in [1.29, 1.82) is 0 Å². The maximum atomic E-state index is 11.9. The van der Waals surface area contributed by atoms with Gasteiger partial charge in [0.1, 0.15) is 5.82 Å². The zero-order valence-corrected chi connectivity index (χ0v) is 9.33. The Kier molecular flexibility index (Phi) is 2.52. The molecule has 1 aromatic heterocycles. The SMILES string of the molecule is O=c1[nH]c(C2CCCN2)ncc1C1CCC1. The second kappa shape index (κ2) is 4.01. The summed E-state index contributed by atoms with van der Waals surface area (Å²) < 4.78 is 0. The Morgan fingerprint density at radius 1 is 1.25 bits per heavy atom. The van der Waals surface area contributed by atoms with Gasteiger partial charge in [0.25, 0.3) is 5.56 Å². The Morgan fingerprint density at radius 2 is 2.12 bits per heavy atom. The predicted molar refractivity (Wildman–Crippen MR) is 61.4 cm³/mol. The largest absolute Gasteiger partial charge is 0.309 e. The molecule has 4 heteroatoms. The van der Waals surface area contributed by atoms with Crippen LogP contribution in [0.1, 0.15) is 55.5 Å². The van der Waals surface area contributed by atoms with Crippen LogP contribution >= 0.6 is 0 Å². The first-order valence-electron chi connectivity index (χ1n) is 6.17. The number of aromatic amines is 1. The molecule has 1 atom stereocenters. The molecule has 86 valence electrons. The second-order valence-corrected chi connectivity index (χ2v) is 4.83. The van der Waals surface area contributed by atoms with Crippen LogP contribution in [0.5, 0.6) is 0 Å². The summed E-state index contributed by atoms with van der Waals surface area (Å²) in [5, 5.41) is 3.34. The van der Waals surface area contributed by atoms with E-state index >= 15 is 0 Å². The lowest BCUT2D eigenvalue weighted by atomic mass is 9.81. The third-order valence-corrected chi connectivity index (χ3v) is 3.78. The first kappa shape index (κ1) is 10.0. The summed E-state index contributed by atoms with van der Waals surface area (Å²) in [6, 6.07) is 0.253. The van der Waals surface area contributed by atoms with Crippen LogP contribution in [0, 0.1) is 0 Å². The van der Waals surface area contributed by atoms with E-state index in [-0.39, 0.29) is 11.6 Å². The molecule has 16 heavy (non-hydrogen) atoms. The molecular weight excluding hydrogens is 202 g/mol. The van der Waals surface area contributed by atoms with Gasteiger partial charge < -0.3 is 10.3 Å². The summed E-state index contributed by atoms with van der Waals surface area (Å²) in [4.78, 5) is 19.3. The smallest absolute Gasteiger partial charge is 0.254 e. The van der Waals surface area contributed by atoms with Crippen molar-refractivity contribution >= 4 is 0 Å². The molecule has 0 amide bonds. The van der Waals surface area contributed by atoms with Crippen LogP contribution in [0.25, 0.3) is 0 Å². The van der Waals surface area contributed by atoms with Gasteiger partial charge in [-0.25, -0.2) is 4.98 Å². The van der Waals surface area contributed by atoms with Crippen molar-refractivity contribution in [3.8, 4) is 0 Å². The highest BCUT2D eigenvalue weighted by Gasteiger charge is 2.24. The first-order valence-corrected chi connectivity index (χ1v) is 6.17. The fourth-order valence-corrected chi connectivity index (χ4v) is 2.52. The van der Waals surface area contributed by atoms with Crippen molar-refractivity contribution in [3.63, 3.8) is 0 Å². The van der Waals surface area contributed by atoms with Crippen LogP contribution in [0.3, 0.4) is 0 Å². The van der Waals surface area contributed by atoms with E-state index in [9.17, 15) is 4.79 Å². The molecule has 0 radical (unpaired) electrons. The molecule has 1 unspecified atom stereocenters. The van der Waals surface area contributed by atoms with Gasteiger partial charge in [0.05, 0.1) is 6.04 Å². The maximum absolute atomic E-state index is 11.9. The van der Waals surface area contributed by atoms with Crippen molar-refractivity contribution in [1.82, 2.24) is 15.3 Å². The third-order valence-electron chi connectivity index (χ3n) is 3.78. The number of hydrogen-bond donors (Lipinski definition) is 2. The van der Waals surface area contributed by atoms with Gasteiger partial charge in [-0.1, -0.05) is 6.42 Å². The Bertz CT molecular complexity index is 430. The molecule has 2 heterocycles. The zero-order chi connectivity index (χ0) is 11.0. The van der Waals surface area contributed by atoms with Gasteiger partial charge in [0, 0.05) is 11.8 Å². The molecule has 4 nitrogen and oxygen atoms in total. The monoisotopic (exact) mass is 219 g/mol. The fourth-order valence-electron chi connectivity index (χ4n) is 2.52. The second-order valence-electron chi connectivity index (χ2n) is 4.83. The minimum absolute atomic E-state index is 0.0726. The normalized spacial score (nSPS) is 25.6. The molecule has 2 N–H and O–H groups in total. The summed E-state index contributed by atoms with van der Waals surface area (Å²) in [5.74, 6) is 1.27. The topological polar surface area (TPSA) is 57.8 Å². The molecule has 1 saturated carbocycles. The van der Waals surface area contributed by atoms with Gasteiger partial charge in [-0.15, -0.1) is 0 Å². The molecule has 1 aliphatic carbocycles. The number of rotatable bonds is 2. The molecule has 0 spiro atoms. The lowest BCUT2D eigenvalue weighted by Gasteiger charge is -2.24.